The quantitative estimate of drug-likeness (QED) is 0.748. The first kappa shape index (κ1) is 13.4. The Kier molecular flexibility index (Phi) is 3.32. The van der Waals surface area contributed by atoms with E-state index < -0.39 is 0 Å². The van der Waals surface area contributed by atoms with Crippen LogP contribution in [0.5, 0.6) is 0 Å². The third-order valence-corrected chi connectivity index (χ3v) is 4.67. The summed E-state index contributed by atoms with van der Waals surface area (Å²) in [5, 5.41) is 2.44. The van der Waals surface area contributed by atoms with Gasteiger partial charge < -0.3 is 9.88 Å². The van der Waals surface area contributed by atoms with Crippen molar-refractivity contribution in [3.8, 4) is 5.69 Å². The Morgan fingerprint density at radius 3 is 2.64 bits per heavy atom. The molecule has 0 amide bonds. The monoisotopic (exact) mass is 289 g/mol. The summed E-state index contributed by atoms with van der Waals surface area (Å²) in [5.74, 6) is 0. The molecule has 0 spiro atoms. The third-order valence-electron chi connectivity index (χ3n) is 4.67. The lowest BCUT2D eigenvalue weighted by molar-refractivity contribution is -0.702. The molecule has 22 heavy (non-hydrogen) atoms. The largest absolute Gasteiger partial charge is 0.331 e. The molecule has 3 aromatic rings. The maximum absolute atomic E-state index is 2.44. The summed E-state index contributed by atoms with van der Waals surface area (Å²) in [4.78, 5) is 0. The van der Waals surface area contributed by atoms with Gasteiger partial charge in [-0.05, 0) is 30.2 Å². The molecule has 0 fully saturated rings. The fourth-order valence-electron chi connectivity index (χ4n) is 3.42. The number of quaternary nitrogens is 1. The van der Waals surface area contributed by atoms with Crippen molar-refractivity contribution in [3.05, 3.63) is 89.2 Å². The molecule has 0 radical (unpaired) electrons. The molecule has 4 rings (SSSR count). The van der Waals surface area contributed by atoms with Crippen molar-refractivity contribution in [3.63, 3.8) is 0 Å². The predicted octanol–water partition coefficient (Wildman–Crippen LogP) is 3.21. The summed E-state index contributed by atoms with van der Waals surface area (Å²) in [6.07, 6.45) is 3.28. The van der Waals surface area contributed by atoms with Gasteiger partial charge in [0.25, 0.3) is 0 Å². The second kappa shape index (κ2) is 5.47. The van der Waals surface area contributed by atoms with Gasteiger partial charge in [0.05, 0.1) is 11.4 Å². The van der Waals surface area contributed by atoms with E-state index in [-0.39, 0.29) is 0 Å². The molecule has 2 heteroatoms. The van der Waals surface area contributed by atoms with Gasteiger partial charge in [0.1, 0.15) is 6.54 Å². The number of nitrogens with two attached hydrogens (primary N) is 1. The van der Waals surface area contributed by atoms with Gasteiger partial charge in [-0.25, -0.2) is 0 Å². The second-order valence-corrected chi connectivity index (χ2v) is 5.94. The van der Waals surface area contributed by atoms with Crippen molar-refractivity contribution in [2.75, 3.05) is 0 Å². The zero-order valence-electron chi connectivity index (χ0n) is 12.9. The van der Waals surface area contributed by atoms with Crippen LogP contribution in [0.15, 0.2) is 66.9 Å². The van der Waals surface area contributed by atoms with Crippen LogP contribution in [-0.2, 0) is 13.0 Å². The molecular weight excluding hydrogens is 268 g/mol. The second-order valence-electron chi connectivity index (χ2n) is 5.94. The Labute approximate surface area is 131 Å². The average Bonchev–Trinajstić information content (AvgIpc) is 3.00. The minimum absolute atomic E-state index is 0.355. The highest BCUT2D eigenvalue weighted by atomic mass is 15.1. The van der Waals surface area contributed by atoms with Gasteiger partial charge in [-0.3, -0.25) is 0 Å². The fraction of sp³-hybridized carbons (Fsp3) is 0.200. The first-order valence-corrected chi connectivity index (χ1v) is 8.04. The minimum Gasteiger partial charge on any atom is -0.331 e. The van der Waals surface area contributed by atoms with Crippen LogP contribution in [0.3, 0.4) is 0 Å². The van der Waals surface area contributed by atoms with Crippen molar-refractivity contribution in [1.82, 2.24) is 4.57 Å². The number of benzene rings is 2. The summed E-state index contributed by atoms with van der Waals surface area (Å²) in [6.45, 7) is 3.21. The highest BCUT2D eigenvalue weighted by Crippen LogP contribution is 2.26. The number of hydrogen-bond acceptors (Lipinski definition) is 0. The molecule has 2 nitrogen and oxygen atoms in total. The molecule has 110 valence electrons. The van der Waals surface area contributed by atoms with Gasteiger partial charge in [-0.1, -0.05) is 49.4 Å². The Morgan fingerprint density at radius 1 is 1.00 bits per heavy atom. The summed E-state index contributed by atoms with van der Waals surface area (Å²) in [5.41, 5.74) is 6.84. The Morgan fingerprint density at radius 2 is 1.82 bits per heavy atom. The SMILES string of the molecule is CCc1ccc([C@@H]2[NH2+]Cc3ccccc3-n3cccc32)cc1. The third kappa shape index (κ3) is 2.16. The fourth-order valence-corrected chi connectivity index (χ4v) is 3.42. The van der Waals surface area contributed by atoms with Crippen LogP contribution in [0.2, 0.25) is 0 Å². The zero-order valence-corrected chi connectivity index (χ0v) is 12.9. The van der Waals surface area contributed by atoms with Crippen molar-refractivity contribution in [2.24, 2.45) is 0 Å². The van der Waals surface area contributed by atoms with Crippen LogP contribution in [0.4, 0.5) is 0 Å². The lowest BCUT2D eigenvalue weighted by Gasteiger charge is -2.15. The van der Waals surface area contributed by atoms with E-state index in [1.807, 2.05) is 0 Å². The van der Waals surface area contributed by atoms with Crippen molar-refractivity contribution in [2.45, 2.75) is 25.9 Å². The van der Waals surface area contributed by atoms with Crippen LogP contribution in [0, 0.1) is 0 Å². The molecule has 0 aliphatic carbocycles. The molecule has 0 saturated heterocycles. The molecule has 2 heterocycles. The van der Waals surface area contributed by atoms with E-state index in [1.54, 1.807) is 0 Å². The Hall–Kier alpha value is -2.32. The maximum atomic E-state index is 2.44. The van der Waals surface area contributed by atoms with E-state index >= 15 is 0 Å². The summed E-state index contributed by atoms with van der Waals surface area (Å²) in [6, 6.07) is 22.5. The number of para-hydroxylation sites is 1. The number of nitrogens with zero attached hydrogens (tertiary/aromatic N) is 1. The van der Waals surface area contributed by atoms with Crippen molar-refractivity contribution in [1.29, 1.82) is 0 Å². The average molecular weight is 289 g/mol. The highest BCUT2D eigenvalue weighted by molar-refractivity contribution is 5.45. The van der Waals surface area contributed by atoms with Crippen molar-refractivity contribution < 1.29 is 5.32 Å². The predicted molar refractivity (Wildman–Crippen MR) is 89.1 cm³/mol. The van der Waals surface area contributed by atoms with Crippen LogP contribution in [0.25, 0.3) is 5.69 Å². The van der Waals surface area contributed by atoms with Crippen LogP contribution in [-0.4, -0.2) is 4.57 Å². The number of aryl methyl sites for hydroxylation is 1. The first-order chi connectivity index (χ1) is 10.9. The number of fused-ring (bicyclic) bond motifs is 3. The molecule has 2 N–H and O–H groups in total. The maximum Gasteiger partial charge on any atom is 0.153 e. The van der Waals surface area contributed by atoms with Crippen molar-refractivity contribution >= 4 is 0 Å². The molecule has 1 aliphatic heterocycles. The number of rotatable bonds is 2. The molecule has 2 aromatic carbocycles. The zero-order chi connectivity index (χ0) is 14.9. The van der Waals surface area contributed by atoms with E-state index in [0.717, 1.165) is 13.0 Å². The van der Waals surface area contributed by atoms with Gasteiger partial charge in [0, 0.05) is 17.3 Å². The van der Waals surface area contributed by atoms with Gasteiger partial charge in [0.2, 0.25) is 0 Å². The lowest BCUT2D eigenvalue weighted by Crippen LogP contribution is -2.83. The first-order valence-electron chi connectivity index (χ1n) is 8.04. The normalized spacial score (nSPS) is 16.7. The minimum atomic E-state index is 0.355. The van der Waals surface area contributed by atoms with E-state index in [4.69, 9.17) is 0 Å². The molecule has 1 aromatic heterocycles. The van der Waals surface area contributed by atoms with Gasteiger partial charge in [0.15, 0.2) is 6.04 Å². The number of hydrogen-bond donors (Lipinski definition) is 1. The summed E-state index contributed by atoms with van der Waals surface area (Å²) < 4.78 is 2.34. The van der Waals surface area contributed by atoms with Gasteiger partial charge in [-0.15, -0.1) is 0 Å². The van der Waals surface area contributed by atoms with Crippen LogP contribution in [0.1, 0.15) is 35.3 Å². The van der Waals surface area contributed by atoms with E-state index in [9.17, 15) is 0 Å². The summed E-state index contributed by atoms with van der Waals surface area (Å²) >= 11 is 0. The Balaban J connectivity index is 1.80. The number of aromatic nitrogens is 1. The van der Waals surface area contributed by atoms with E-state index in [2.05, 4.69) is 83.7 Å². The van der Waals surface area contributed by atoms with E-state index in [1.165, 1.54) is 28.1 Å². The van der Waals surface area contributed by atoms with E-state index in [0.29, 0.717) is 6.04 Å². The van der Waals surface area contributed by atoms with Crippen LogP contribution < -0.4 is 5.32 Å². The van der Waals surface area contributed by atoms with Crippen LogP contribution >= 0.6 is 0 Å². The van der Waals surface area contributed by atoms with Gasteiger partial charge in [-0.2, -0.15) is 0 Å². The standard InChI is InChI=1S/C20H20N2/c1-2-15-9-11-16(12-10-15)20-19-8-5-13-22(19)18-7-4-3-6-17(18)14-21-20/h3-13,20-21H,2,14H2,1H3/p+1/t20-/m0/s1. The van der Waals surface area contributed by atoms with Gasteiger partial charge >= 0.3 is 0 Å². The molecule has 1 aliphatic rings. The molecule has 1 atom stereocenters. The summed E-state index contributed by atoms with van der Waals surface area (Å²) in [7, 11) is 0. The smallest absolute Gasteiger partial charge is 0.153 e. The molecular formula is C20H21N2+. The highest BCUT2D eigenvalue weighted by Gasteiger charge is 2.25. The lowest BCUT2D eigenvalue weighted by atomic mass is 10.0. The molecule has 0 unspecified atom stereocenters. The molecule has 0 bridgehead atoms. The Bertz CT molecular complexity index is 783. The molecule has 0 saturated carbocycles. The topological polar surface area (TPSA) is 21.5 Å².